The second-order valence-corrected chi connectivity index (χ2v) is 9.79. The van der Waals surface area contributed by atoms with Gasteiger partial charge in [0.15, 0.2) is 16.7 Å². The van der Waals surface area contributed by atoms with Gasteiger partial charge in [-0.2, -0.15) is 0 Å². The van der Waals surface area contributed by atoms with Crippen molar-refractivity contribution in [2.75, 3.05) is 6.61 Å². The summed E-state index contributed by atoms with van der Waals surface area (Å²) in [5.41, 5.74) is 4.79. The summed E-state index contributed by atoms with van der Waals surface area (Å²) in [6.07, 6.45) is 1.81. The maximum atomic E-state index is 12.5. The summed E-state index contributed by atoms with van der Waals surface area (Å²) in [5, 5.41) is 4.50. The number of benzene rings is 3. The highest BCUT2D eigenvalue weighted by Crippen LogP contribution is 2.33. The van der Waals surface area contributed by atoms with Crippen LogP contribution in [0.25, 0.3) is 6.08 Å². The van der Waals surface area contributed by atoms with Gasteiger partial charge in [0.1, 0.15) is 6.61 Å². The molecule has 0 radical (unpaired) electrons. The number of aliphatic imine (C=N–C) groups is 1. The quantitative estimate of drug-likeness (QED) is 0.324. The number of halogens is 2. The second kappa shape index (κ2) is 11.2. The van der Waals surface area contributed by atoms with Gasteiger partial charge < -0.3 is 14.8 Å². The molecule has 180 valence electrons. The van der Waals surface area contributed by atoms with Gasteiger partial charge in [-0.25, -0.2) is 4.99 Å². The Labute approximate surface area is 219 Å². The number of thioether (sulfide) groups is 1. The van der Waals surface area contributed by atoms with E-state index >= 15 is 0 Å². The number of nitrogens with one attached hydrogen (secondary N) is 1. The van der Waals surface area contributed by atoms with Crippen LogP contribution in [0, 0.1) is 13.8 Å². The van der Waals surface area contributed by atoms with Crippen molar-refractivity contribution in [2.24, 2.45) is 4.99 Å². The molecule has 3 aromatic carbocycles. The fourth-order valence-electron chi connectivity index (χ4n) is 3.34. The van der Waals surface area contributed by atoms with Crippen LogP contribution in [0.4, 0.5) is 5.69 Å². The highest BCUT2D eigenvalue weighted by Gasteiger charge is 2.24. The molecule has 1 aliphatic heterocycles. The zero-order chi connectivity index (χ0) is 24.9. The molecule has 0 aliphatic carbocycles. The van der Waals surface area contributed by atoms with Crippen molar-refractivity contribution < 1.29 is 14.3 Å². The molecule has 0 unspecified atom stereocenters. The maximum Gasteiger partial charge on any atom is 0.264 e. The van der Waals surface area contributed by atoms with E-state index in [1.165, 1.54) is 17.3 Å². The minimum Gasteiger partial charge on any atom is -0.490 e. The van der Waals surface area contributed by atoms with E-state index in [0.717, 1.165) is 22.4 Å². The first-order valence-electron chi connectivity index (χ1n) is 11.0. The highest BCUT2D eigenvalue weighted by molar-refractivity contribution is 8.18. The number of carbonyl (C=O) groups is 1. The van der Waals surface area contributed by atoms with Gasteiger partial charge in [0.05, 0.1) is 17.2 Å². The van der Waals surface area contributed by atoms with E-state index < -0.39 is 0 Å². The van der Waals surface area contributed by atoms with Crippen molar-refractivity contribution in [3.05, 3.63) is 91.8 Å². The number of amides is 1. The average Bonchev–Trinajstić information content (AvgIpc) is 3.15. The van der Waals surface area contributed by atoms with E-state index in [1.54, 1.807) is 12.1 Å². The molecule has 0 atom stereocenters. The number of aryl methyl sites for hydroxylation is 2. The molecule has 0 saturated carbocycles. The van der Waals surface area contributed by atoms with Gasteiger partial charge in [0.2, 0.25) is 0 Å². The van der Waals surface area contributed by atoms with E-state index in [-0.39, 0.29) is 12.5 Å². The molecule has 4 rings (SSSR count). The number of hydrogen-bond donors (Lipinski definition) is 1. The lowest BCUT2D eigenvalue weighted by Gasteiger charge is -2.13. The van der Waals surface area contributed by atoms with Gasteiger partial charge in [-0.05, 0) is 91.7 Å². The molecule has 3 aromatic rings. The lowest BCUT2D eigenvalue weighted by atomic mass is 10.1. The van der Waals surface area contributed by atoms with E-state index in [4.69, 9.17) is 32.7 Å². The highest BCUT2D eigenvalue weighted by atomic mass is 35.5. The summed E-state index contributed by atoms with van der Waals surface area (Å²) in [4.78, 5) is 17.7. The van der Waals surface area contributed by atoms with Crippen molar-refractivity contribution in [1.82, 2.24) is 5.32 Å². The Hall–Kier alpha value is -2.93. The molecule has 1 aliphatic rings. The van der Waals surface area contributed by atoms with Crippen LogP contribution in [-0.4, -0.2) is 17.7 Å². The Balaban J connectivity index is 1.51. The molecule has 0 aromatic heterocycles. The SMILES string of the molecule is CCOc1cc(/C=C2/SC(=Nc3ccc(C)c(C)c3)NC2=O)ccc1OCc1ccc(Cl)cc1Cl. The molecule has 35 heavy (non-hydrogen) atoms. The van der Waals surface area contributed by atoms with Gasteiger partial charge in [-0.3, -0.25) is 4.79 Å². The van der Waals surface area contributed by atoms with Crippen molar-refractivity contribution in [3.8, 4) is 11.5 Å². The van der Waals surface area contributed by atoms with E-state index in [1.807, 2.05) is 62.4 Å². The maximum absolute atomic E-state index is 12.5. The molecule has 1 saturated heterocycles. The van der Waals surface area contributed by atoms with Gasteiger partial charge in [-0.1, -0.05) is 41.4 Å². The average molecular weight is 527 g/mol. The number of nitrogens with zero attached hydrogens (tertiary/aromatic N) is 1. The summed E-state index contributed by atoms with van der Waals surface area (Å²) in [5.74, 6) is 0.980. The number of carbonyl (C=O) groups excluding carboxylic acids is 1. The molecule has 1 N–H and O–H groups in total. The molecule has 8 heteroatoms. The van der Waals surface area contributed by atoms with Crippen molar-refractivity contribution in [3.63, 3.8) is 0 Å². The Bertz CT molecular complexity index is 1340. The van der Waals surface area contributed by atoms with Gasteiger partial charge in [0.25, 0.3) is 5.91 Å². The molecule has 0 spiro atoms. The fraction of sp³-hybridized carbons (Fsp3) is 0.185. The van der Waals surface area contributed by atoms with Crippen LogP contribution >= 0.6 is 35.0 Å². The fourth-order valence-corrected chi connectivity index (χ4v) is 4.65. The first-order chi connectivity index (χ1) is 16.8. The molecule has 1 amide bonds. The summed E-state index contributed by atoms with van der Waals surface area (Å²) in [7, 11) is 0. The molecule has 1 heterocycles. The monoisotopic (exact) mass is 526 g/mol. The van der Waals surface area contributed by atoms with Crippen LogP contribution in [0.5, 0.6) is 11.5 Å². The van der Waals surface area contributed by atoms with Crippen LogP contribution in [0.2, 0.25) is 10.0 Å². The lowest BCUT2D eigenvalue weighted by Crippen LogP contribution is -2.19. The summed E-state index contributed by atoms with van der Waals surface area (Å²) in [6.45, 7) is 6.74. The number of amidine groups is 1. The van der Waals surface area contributed by atoms with Crippen molar-refractivity contribution in [1.29, 1.82) is 0 Å². The zero-order valence-electron chi connectivity index (χ0n) is 19.5. The van der Waals surface area contributed by atoms with Gasteiger partial charge >= 0.3 is 0 Å². The predicted molar refractivity (Wildman–Crippen MR) is 145 cm³/mol. The Morgan fingerprint density at radius 3 is 2.54 bits per heavy atom. The van der Waals surface area contributed by atoms with E-state index in [0.29, 0.717) is 38.2 Å². The van der Waals surface area contributed by atoms with Crippen molar-refractivity contribution in [2.45, 2.75) is 27.4 Å². The minimum atomic E-state index is -0.187. The predicted octanol–water partition coefficient (Wildman–Crippen LogP) is 7.48. The van der Waals surface area contributed by atoms with Crippen LogP contribution in [0.1, 0.15) is 29.2 Å². The van der Waals surface area contributed by atoms with Crippen LogP contribution in [0.3, 0.4) is 0 Å². The summed E-state index contributed by atoms with van der Waals surface area (Å²) < 4.78 is 11.8. The van der Waals surface area contributed by atoms with Crippen LogP contribution < -0.4 is 14.8 Å². The van der Waals surface area contributed by atoms with E-state index in [2.05, 4.69) is 17.2 Å². The second-order valence-electron chi connectivity index (χ2n) is 7.91. The van der Waals surface area contributed by atoms with Gasteiger partial charge in [-0.15, -0.1) is 0 Å². The Morgan fingerprint density at radius 2 is 1.80 bits per heavy atom. The standard InChI is InChI=1S/C27H24Cl2N2O3S/c1-4-33-24-12-18(6-10-23(24)34-15-19-7-8-20(28)14-22(19)29)13-25-26(32)31-27(35-25)30-21-9-5-16(2)17(3)11-21/h5-14H,4,15H2,1-3H3,(H,30,31,32)/b25-13+. The number of rotatable bonds is 7. The molecule has 0 bridgehead atoms. The van der Waals surface area contributed by atoms with E-state index in [9.17, 15) is 4.79 Å². The summed E-state index contributed by atoms with van der Waals surface area (Å²) >= 11 is 13.5. The first kappa shape index (κ1) is 25.2. The Kier molecular flexibility index (Phi) is 8.06. The van der Waals surface area contributed by atoms with Gasteiger partial charge in [0, 0.05) is 15.6 Å². The van der Waals surface area contributed by atoms with Crippen molar-refractivity contribution >= 4 is 57.8 Å². The molecule has 5 nitrogen and oxygen atoms in total. The zero-order valence-corrected chi connectivity index (χ0v) is 21.9. The number of hydrogen-bond acceptors (Lipinski definition) is 5. The molecule has 1 fully saturated rings. The summed E-state index contributed by atoms with van der Waals surface area (Å²) in [6, 6.07) is 16.8. The third-order valence-corrected chi connectivity index (χ3v) is 6.83. The van der Waals surface area contributed by atoms with Crippen LogP contribution in [0.15, 0.2) is 64.5 Å². The normalized spacial score (nSPS) is 15.5. The lowest BCUT2D eigenvalue weighted by molar-refractivity contribution is -0.115. The Morgan fingerprint density at radius 1 is 0.971 bits per heavy atom. The number of ether oxygens (including phenoxy) is 2. The third-order valence-electron chi connectivity index (χ3n) is 5.34. The largest absolute Gasteiger partial charge is 0.490 e. The smallest absolute Gasteiger partial charge is 0.264 e. The van der Waals surface area contributed by atoms with Crippen LogP contribution in [-0.2, 0) is 11.4 Å². The topological polar surface area (TPSA) is 59.9 Å². The molecular weight excluding hydrogens is 503 g/mol. The first-order valence-corrected chi connectivity index (χ1v) is 12.6. The minimum absolute atomic E-state index is 0.187. The molecular formula is C27H24Cl2N2O3S. The third kappa shape index (κ3) is 6.40.